The molecular formula is C13H17F. The average Bonchev–Trinajstić information content (AvgIpc) is 2.15. The van der Waals surface area contributed by atoms with Gasteiger partial charge >= 0.3 is 0 Å². The summed E-state index contributed by atoms with van der Waals surface area (Å²) < 4.78 is 12.7. The number of hydrogen-bond acceptors (Lipinski definition) is 0. The van der Waals surface area contributed by atoms with Crippen LogP contribution in [0.4, 0.5) is 4.39 Å². The maximum Gasteiger partial charge on any atom is 0.123 e. The highest BCUT2D eigenvalue weighted by molar-refractivity contribution is 5.66. The van der Waals surface area contributed by atoms with E-state index in [9.17, 15) is 4.39 Å². The van der Waals surface area contributed by atoms with E-state index in [-0.39, 0.29) is 5.82 Å². The van der Waals surface area contributed by atoms with Gasteiger partial charge in [-0.2, -0.15) is 0 Å². The van der Waals surface area contributed by atoms with E-state index in [1.807, 2.05) is 12.1 Å². The molecule has 14 heavy (non-hydrogen) atoms. The third kappa shape index (κ3) is 2.69. The molecule has 0 aliphatic heterocycles. The summed E-state index contributed by atoms with van der Waals surface area (Å²) in [4.78, 5) is 0. The molecule has 0 radical (unpaired) electrons. The molecule has 0 nitrogen and oxygen atoms in total. The van der Waals surface area contributed by atoms with Crippen molar-refractivity contribution in [1.82, 2.24) is 0 Å². The molecule has 0 aliphatic rings. The molecular weight excluding hydrogens is 175 g/mol. The summed E-state index contributed by atoms with van der Waals surface area (Å²) in [6.07, 6.45) is 3.22. The summed E-state index contributed by atoms with van der Waals surface area (Å²) in [6, 6.07) is 6.72. The van der Waals surface area contributed by atoms with Gasteiger partial charge in [0.1, 0.15) is 5.82 Å². The minimum Gasteiger partial charge on any atom is -0.207 e. The Morgan fingerprint density at radius 2 is 1.86 bits per heavy atom. The molecule has 0 saturated heterocycles. The van der Waals surface area contributed by atoms with Gasteiger partial charge in [0.25, 0.3) is 0 Å². The van der Waals surface area contributed by atoms with Crippen LogP contribution in [0.2, 0.25) is 0 Å². The lowest BCUT2D eigenvalue weighted by Crippen LogP contribution is -1.93. The molecule has 0 heterocycles. The summed E-state index contributed by atoms with van der Waals surface area (Å²) >= 11 is 0. The Bertz CT molecular complexity index is 307. The lowest BCUT2D eigenvalue weighted by molar-refractivity contribution is 0.627. The predicted molar refractivity (Wildman–Crippen MR) is 59.5 cm³/mol. The Morgan fingerprint density at radius 3 is 2.29 bits per heavy atom. The quantitative estimate of drug-likeness (QED) is 0.670. The van der Waals surface area contributed by atoms with E-state index in [0.717, 1.165) is 12.0 Å². The largest absolute Gasteiger partial charge is 0.207 e. The molecule has 0 spiro atoms. The summed E-state index contributed by atoms with van der Waals surface area (Å²) in [5.41, 5.74) is 2.43. The van der Waals surface area contributed by atoms with Crippen molar-refractivity contribution < 1.29 is 4.39 Å². The van der Waals surface area contributed by atoms with Crippen LogP contribution in [-0.2, 0) is 0 Å². The first-order valence-corrected chi connectivity index (χ1v) is 5.11. The van der Waals surface area contributed by atoms with Crippen LogP contribution >= 0.6 is 0 Å². The first kappa shape index (κ1) is 11.0. The Morgan fingerprint density at radius 1 is 1.29 bits per heavy atom. The molecule has 0 unspecified atom stereocenters. The molecule has 0 saturated carbocycles. The Hall–Kier alpha value is -1.11. The molecule has 0 fully saturated rings. The fourth-order valence-corrected chi connectivity index (χ4v) is 1.55. The molecule has 76 valence electrons. The van der Waals surface area contributed by atoms with Gasteiger partial charge in [-0.1, -0.05) is 39.0 Å². The number of allylic oxidation sites excluding steroid dienone is 2. The second-order valence-corrected chi connectivity index (χ2v) is 3.73. The zero-order valence-corrected chi connectivity index (χ0v) is 9.05. The number of halogens is 1. The van der Waals surface area contributed by atoms with Crippen molar-refractivity contribution >= 4 is 5.57 Å². The van der Waals surface area contributed by atoms with Crippen molar-refractivity contribution in [2.24, 2.45) is 5.92 Å². The zero-order valence-electron chi connectivity index (χ0n) is 9.05. The fraction of sp³-hybridized carbons (Fsp3) is 0.385. The maximum absolute atomic E-state index is 12.7. The summed E-state index contributed by atoms with van der Waals surface area (Å²) in [6.45, 7) is 6.43. The minimum atomic E-state index is -0.173. The summed E-state index contributed by atoms with van der Waals surface area (Å²) in [5, 5.41) is 0. The van der Waals surface area contributed by atoms with Crippen LogP contribution in [0.3, 0.4) is 0 Å². The molecule has 1 rings (SSSR count). The topological polar surface area (TPSA) is 0 Å². The summed E-state index contributed by atoms with van der Waals surface area (Å²) in [5.74, 6) is 0.314. The fourth-order valence-electron chi connectivity index (χ4n) is 1.55. The van der Waals surface area contributed by atoms with Crippen LogP contribution in [0.1, 0.15) is 32.8 Å². The van der Waals surface area contributed by atoms with Gasteiger partial charge in [0, 0.05) is 0 Å². The van der Waals surface area contributed by atoms with Gasteiger partial charge in [0.2, 0.25) is 0 Å². The normalized spacial score (nSPS) is 12.2. The van der Waals surface area contributed by atoms with Crippen molar-refractivity contribution in [3.05, 3.63) is 41.7 Å². The van der Waals surface area contributed by atoms with Crippen molar-refractivity contribution in [2.75, 3.05) is 0 Å². The summed E-state index contributed by atoms with van der Waals surface area (Å²) in [7, 11) is 0. The van der Waals surface area contributed by atoms with E-state index < -0.39 is 0 Å². The Balaban J connectivity index is 3.00. The van der Waals surface area contributed by atoms with Crippen molar-refractivity contribution in [1.29, 1.82) is 0 Å². The van der Waals surface area contributed by atoms with E-state index in [4.69, 9.17) is 0 Å². The monoisotopic (exact) mass is 192 g/mol. The molecule has 0 N–H and O–H groups in total. The van der Waals surface area contributed by atoms with Gasteiger partial charge in [0.15, 0.2) is 0 Å². The smallest absolute Gasteiger partial charge is 0.123 e. The van der Waals surface area contributed by atoms with Crippen LogP contribution in [0, 0.1) is 11.7 Å². The molecule has 0 bridgehead atoms. The van der Waals surface area contributed by atoms with Crippen molar-refractivity contribution in [2.45, 2.75) is 27.2 Å². The molecule has 1 aromatic carbocycles. The van der Waals surface area contributed by atoms with E-state index >= 15 is 0 Å². The molecule has 0 aromatic heterocycles. The van der Waals surface area contributed by atoms with E-state index in [2.05, 4.69) is 26.8 Å². The van der Waals surface area contributed by atoms with Gasteiger partial charge in [-0.25, -0.2) is 4.39 Å². The molecule has 1 aromatic rings. The van der Waals surface area contributed by atoms with E-state index in [0.29, 0.717) is 5.92 Å². The number of rotatable bonds is 3. The second-order valence-electron chi connectivity index (χ2n) is 3.73. The SMILES string of the molecule is CCC=C(c1ccc(F)cc1)C(C)C. The van der Waals surface area contributed by atoms with Gasteiger partial charge < -0.3 is 0 Å². The van der Waals surface area contributed by atoms with Crippen molar-refractivity contribution in [3.63, 3.8) is 0 Å². The first-order chi connectivity index (χ1) is 6.65. The second kappa shape index (κ2) is 4.94. The van der Waals surface area contributed by atoms with Crippen molar-refractivity contribution in [3.8, 4) is 0 Å². The van der Waals surface area contributed by atoms with Crippen LogP contribution in [-0.4, -0.2) is 0 Å². The molecule has 0 aliphatic carbocycles. The number of hydrogen-bond donors (Lipinski definition) is 0. The lowest BCUT2D eigenvalue weighted by atomic mass is 9.94. The van der Waals surface area contributed by atoms with E-state index in [1.54, 1.807) is 0 Å². The first-order valence-electron chi connectivity index (χ1n) is 5.11. The molecule has 0 amide bonds. The van der Waals surface area contributed by atoms with Gasteiger partial charge in [-0.15, -0.1) is 0 Å². The van der Waals surface area contributed by atoms with Crippen LogP contribution in [0.15, 0.2) is 30.3 Å². The van der Waals surface area contributed by atoms with E-state index in [1.165, 1.54) is 17.7 Å². The Kier molecular flexibility index (Phi) is 3.87. The molecule has 1 heteroatoms. The van der Waals surface area contributed by atoms with Gasteiger partial charge in [0.05, 0.1) is 0 Å². The minimum absolute atomic E-state index is 0.173. The van der Waals surface area contributed by atoms with Crippen LogP contribution in [0.25, 0.3) is 5.57 Å². The third-order valence-electron chi connectivity index (χ3n) is 2.22. The van der Waals surface area contributed by atoms with Gasteiger partial charge in [-0.05, 0) is 35.6 Å². The Labute approximate surface area is 85.5 Å². The molecule has 0 atom stereocenters. The van der Waals surface area contributed by atoms with Crippen LogP contribution in [0.5, 0.6) is 0 Å². The highest BCUT2D eigenvalue weighted by Crippen LogP contribution is 2.23. The van der Waals surface area contributed by atoms with Gasteiger partial charge in [-0.3, -0.25) is 0 Å². The van der Waals surface area contributed by atoms with Crippen LogP contribution < -0.4 is 0 Å². The zero-order chi connectivity index (χ0) is 10.6. The number of benzene rings is 1. The average molecular weight is 192 g/mol. The highest BCUT2D eigenvalue weighted by atomic mass is 19.1. The highest BCUT2D eigenvalue weighted by Gasteiger charge is 2.05. The lowest BCUT2D eigenvalue weighted by Gasteiger charge is -2.11. The predicted octanol–water partition coefficient (Wildman–Crippen LogP) is 4.28. The third-order valence-corrected chi connectivity index (χ3v) is 2.22. The standard InChI is InChI=1S/C13H17F/c1-4-5-13(10(2)3)11-6-8-12(14)9-7-11/h5-10H,4H2,1-3H3. The maximum atomic E-state index is 12.7.